The van der Waals surface area contributed by atoms with Crippen LogP contribution in [0.1, 0.15) is 19.4 Å². The molecule has 0 saturated heterocycles. The molecule has 1 amide bonds. The van der Waals surface area contributed by atoms with Crippen LogP contribution in [0, 0.1) is 11.7 Å². The van der Waals surface area contributed by atoms with Gasteiger partial charge in [-0.15, -0.1) is 0 Å². The second-order valence-corrected chi connectivity index (χ2v) is 5.67. The van der Waals surface area contributed by atoms with Gasteiger partial charge in [-0.3, -0.25) is 4.79 Å². The van der Waals surface area contributed by atoms with Gasteiger partial charge in [0.25, 0.3) is 0 Å². The standard InChI is InChI=1S/C18H21FN2O/c1-13(2)12-20-15-7-9-16(10-8-15)21-18(22)11-14-5-3-4-6-17(14)19/h3-10,13,20H,11-12H2,1-2H3,(H,21,22). The Kier molecular flexibility index (Phi) is 5.53. The molecule has 0 heterocycles. The third kappa shape index (κ3) is 4.88. The number of hydrogen-bond donors (Lipinski definition) is 2. The Morgan fingerprint density at radius 3 is 2.32 bits per heavy atom. The van der Waals surface area contributed by atoms with Gasteiger partial charge in [0.1, 0.15) is 5.82 Å². The summed E-state index contributed by atoms with van der Waals surface area (Å²) in [5, 5.41) is 6.09. The summed E-state index contributed by atoms with van der Waals surface area (Å²) >= 11 is 0. The van der Waals surface area contributed by atoms with Gasteiger partial charge in [0.05, 0.1) is 6.42 Å². The zero-order chi connectivity index (χ0) is 15.9. The van der Waals surface area contributed by atoms with Crippen molar-refractivity contribution in [3.8, 4) is 0 Å². The molecule has 0 radical (unpaired) electrons. The van der Waals surface area contributed by atoms with Gasteiger partial charge < -0.3 is 10.6 Å². The summed E-state index contributed by atoms with van der Waals surface area (Å²) in [4.78, 5) is 11.9. The molecule has 0 aliphatic rings. The van der Waals surface area contributed by atoms with Crippen molar-refractivity contribution in [2.75, 3.05) is 17.2 Å². The summed E-state index contributed by atoms with van der Waals surface area (Å²) in [5.74, 6) is -0.0148. The van der Waals surface area contributed by atoms with Crippen molar-refractivity contribution >= 4 is 17.3 Å². The van der Waals surface area contributed by atoms with Crippen LogP contribution in [0.3, 0.4) is 0 Å². The van der Waals surface area contributed by atoms with Gasteiger partial charge in [0.2, 0.25) is 5.91 Å². The number of carbonyl (C=O) groups is 1. The van der Waals surface area contributed by atoms with Crippen LogP contribution in [0.4, 0.5) is 15.8 Å². The van der Waals surface area contributed by atoms with Crippen molar-refractivity contribution < 1.29 is 9.18 Å². The molecule has 0 aromatic heterocycles. The van der Waals surface area contributed by atoms with Crippen LogP contribution in [0.5, 0.6) is 0 Å². The molecule has 3 nitrogen and oxygen atoms in total. The highest BCUT2D eigenvalue weighted by Crippen LogP contribution is 2.15. The third-order valence-corrected chi connectivity index (χ3v) is 3.19. The van der Waals surface area contributed by atoms with Crippen LogP contribution >= 0.6 is 0 Å². The summed E-state index contributed by atoms with van der Waals surface area (Å²) in [7, 11) is 0. The Labute approximate surface area is 130 Å². The maximum absolute atomic E-state index is 13.5. The van der Waals surface area contributed by atoms with E-state index in [0.717, 1.165) is 12.2 Å². The van der Waals surface area contributed by atoms with E-state index in [1.807, 2.05) is 24.3 Å². The summed E-state index contributed by atoms with van der Waals surface area (Å²) in [6, 6.07) is 13.8. The van der Waals surface area contributed by atoms with Gasteiger partial charge in [-0.25, -0.2) is 4.39 Å². The fourth-order valence-electron chi connectivity index (χ4n) is 2.01. The van der Waals surface area contributed by atoms with E-state index in [-0.39, 0.29) is 18.1 Å². The number of hydrogen-bond acceptors (Lipinski definition) is 2. The SMILES string of the molecule is CC(C)CNc1ccc(NC(=O)Cc2ccccc2F)cc1. The maximum atomic E-state index is 13.5. The van der Waals surface area contributed by atoms with Crippen LogP contribution in [-0.4, -0.2) is 12.5 Å². The van der Waals surface area contributed by atoms with Crippen molar-refractivity contribution in [1.29, 1.82) is 0 Å². The first-order chi connectivity index (χ1) is 10.5. The second kappa shape index (κ2) is 7.59. The van der Waals surface area contributed by atoms with Crippen LogP contribution < -0.4 is 10.6 Å². The largest absolute Gasteiger partial charge is 0.385 e. The van der Waals surface area contributed by atoms with Gasteiger partial charge in [-0.1, -0.05) is 32.0 Å². The molecule has 0 spiro atoms. The highest BCUT2D eigenvalue weighted by molar-refractivity contribution is 5.92. The van der Waals surface area contributed by atoms with Gasteiger partial charge in [-0.2, -0.15) is 0 Å². The normalized spacial score (nSPS) is 10.5. The minimum Gasteiger partial charge on any atom is -0.385 e. The Morgan fingerprint density at radius 2 is 1.68 bits per heavy atom. The van der Waals surface area contributed by atoms with E-state index in [4.69, 9.17) is 0 Å². The lowest BCUT2D eigenvalue weighted by atomic mass is 10.1. The van der Waals surface area contributed by atoms with E-state index in [2.05, 4.69) is 24.5 Å². The number of halogens is 1. The van der Waals surface area contributed by atoms with Crippen LogP contribution in [0.25, 0.3) is 0 Å². The van der Waals surface area contributed by atoms with E-state index in [0.29, 0.717) is 17.2 Å². The van der Waals surface area contributed by atoms with Crippen molar-refractivity contribution in [2.45, 2.75) is 20.3 Å². The molecule has 0 fully saturated rings. The lowest BCUT2D eigenvalue weighted by Crippen LogP contribution is -2.15. The average Bonchev–Trinajstić information content (AvgIpc) is 2.49. The van der Waals surface area contributed by atoms with E-state index in [1.54, 1.807) is 18.2 Å². The zero-order valence-corrected chi connectivity index (χ0v) is 12.9. The molecule has 2 N–H and O–H groups in total. The smallest absolute Gasteiger partial charge is 0.228 e. The van der Waals surface area contributed by atoms with Crippen molar-refractivity contribution in [1.82, 2.24) is 0 Å². The first-order valence-electron chi connectivity index (χ1n) is 7.42. The number of benzene rings is 2. The van der Waals surface area contributed by atoms with E-state index in [1.165, 1.54) is 6.07 Å². The molecule has 0 atom stereocenters. The molecule has 4 heteroatoms. The molecular formula is C18H21FN2O. The molecule has 116 valence electrons. The average molecular weight is 300 g/mol. The second-order valence-electron chi connectivity index (χ2n) is 5.67. The maximum Gasteiger partial charge on any atom is 0.228 e. The quantitative estimate of drug-likeness (QED) is 0.844. The van der Waals surface area contributed by atoms with Gasteiger partial charge in [0.15, 0.2) is 0 Å². The molecule has 0 aliphatic heterocycles. The zero-order valence-electron chi connectivity index (χ0n) is 12.9. The van der Waals surface area contributed by atoms with Crippen LogP contribution in [0.15, 0.2) is 48.5 Å². The van der Waals surface area contributed by atoms with Crippen molar-refractivity contribution in [2.24, 2.45) is 5.92 Å². The van der Waals surface area contributed by atoms with E-state index >= 15 is 0 Å². The predicted octanol–water partition coefficient (Wildman–Crippen LogP) is 4.07. The molecule has 2 rings (SSSR count). The Hall–Kier alpha value is -2.36. The lowest BCUT2D eigenvalue weighted by Gasteiger charge is -2.10. The fraction of sp³-hybridized carbons (Fsp3) is 0.278. The van der Waals surface area contributed by atoms with E-state index < -0.39 is 0 Å². The van der Waals surface area contributed by atoms with Gasteiger partial charge in [0, 0.05) is 17.9 Å². The molecule has 0 saturated carbocycles. The third-order valence-electron chi connectivity index (χ3n) is 3.19. The molecule has 0 aliphatic carbocycles. The molecule has 0 bridgehead atoms. The minimum atomic E-state index is -0.356. The molecule has 2 aromatic rings. The van der Waals surface area contributed by atoms with Gasteiger partial charge in [-0.05, 0) is 41.8 Å². The number of anilines is 2. The van der Waals surface area contributed by atoms with Crippen molar-refractivity contribution in [3.63, 3.8) is 0 Å². The number of carbonyl (C=O) groups excluding carboxylic acids is 1. The number of amides is 1. The first-order valence-corrected chi connectivity index (χ1v) is 7.42. The molecule has 22 heavy (non-hydrogen) atoms. The molecule has 2 aromatic carbocycles. The fourth-order valence-corrected chi connectivity index (χ4v) is 2.01. The predicted molar refractivity (Wildman–Crippen MR) is 88.5 cm³/mol. The monoisotopic (exact) mass is 300 g/mol. The van der Waals surface area contributed by atoms with Crippen molar-refractivity contribution in [3.05, 3.63) is 59.9 Å². The molecule has 0 unspecified atom stereocenters. The minimum absolute atomic E-state index is 0.0278. The number of nitrogens with one attached hydrogen (secondary N) is 2. The van der Waals surface area contributed by atoms with Gasteiger partial charge >= 0.3 is 0 Å². The topological polar surface area (TPSA) is 41.1 Å². The molecular weight excluding hydrogens is 279 g/mol. The van der Waals surface area contributed by atoms with Crippen LogP contribution in [-0.2, 0) is 11.2 Å². The summed E-state index contributed by atoms with van der Waals surface area (Å²) in [6.07, 6.45) is 0.0278. The highest BCUT2D eigenvalue weighted by Gasteiger charge is 2.08. The van der Waals surface area contributed by atoms with Crippen LogP contribution in [0.2, 0.25) is 0 Å². The Morgan fingerprint density at radius 1 is 1.05 bits per heavy atom. The van der Waals surface area contributed by atoms with E-state index in [9.17, 15) is 9.18 Å². The highest BCUT2D eigenvalue weighted by atomic mass is 19.1. The Balaban J connectivity index is 1.90. The summed E-state index contributed by atoms with van der Waals surface area (Å²) in [5.41, 5.74) is 2.12. The Bertz CT molecular complexity index is 623. The summed E-state index contributed by atoms with van der Waals surface area (Å²) < 4.78 is 13.5. The lowest BCUT2D eigenvalue weighted by molar-refractivity contribution is -0.115. The first kappa shape index (κ1) is 16.0. The number of rotatable bonds is 6. The summed E-state index contributed by atoms with van der Waals surface area (Å²) in [6.45, 7) is 5.19.